The average Bonchev–Trinajstić information content (AvgIpc) is 2.72. The van der Waals surface area contributed by atoms with Crippen LogP contribution in [0.4, 0.5) is 0 Å². The van der Waals surface area contributed by atoms with Crippen LogP contribution in [0, 0.1) is 5.92 Å². The van der Waals surface area contributed by atoms with E-state index in [0.29, 0.717) is 6.04 Å². The van der Waals surface area contributed by atoms with Gasteiger partial charge >= 0.3 is 0 Å². The fourth-order valence-electron chi connectivity index (χ4n) is 3.85. The Balaban J connectivity index is 1.89. The van der Waals surface area contributed by atoms with Crippen molar-refractivity contribution >= 4 is 10.9 Å². The Kier molecular flexibility index (Phi) is 4.59. The molecule has 1 aliphatic carbocycles. The Hall–Kier alpha value is -1.35. The largest absolute Gasteiger partial charge is 0.317 e. The van der Waals surface area contributed by atoms with Crippen molar-refractivity contribution in [1.82, 2.24) is 15.1 Å². The predicted molar refractivity (Wildman–Crippen MR) is 88.5 cm³/mol. The third-order valence-corrected chi connectivity index (χ3v) is 5.02. The van der Waals surface area contributed by atoms with Crippen LogP contribution in [0.15, 0.2) is 24.3 Å². The molecule has 0 amide bonds. The lowest BCUT2D eigenvalue weighted by molar-refractivity contribution is 0.347. The summed E-state index contributed by atoms with van der Waals surface area (Å²) in [6.07, 6.45) is 7.88. The summed E-state index contributed by atoms with van der Waals surface area (Å²) in [7, 11) is 2.12. The Morgan fingerprint density at radius 2 is 2.00 bits per heavy atom. The molecule has 114 valence electrons. The smallest absolute Gasteiger partial charge is 0.0706 e. The van der Waals surface area contributed by atoms with Gasteiger partial charge in [0.15, 0.2) is 0 Å². The van der Waals surface area contributed by atoms with Crippen molar-refractivity contribution in [3.05, 3.63) is 30.0 Å². The maximum atomic E-state index is 4.89. The van der Waals surface area contributed by atoms with Crippen LogP contribution >= 0.6 is 0 Å². The van der Waals surface area contributed by atoms with Crippen molar-refractivity contribution in [2.75, 3.05) is 7.05 Å². The molecule has 0 aliphatic heterocycles. The highest BCUT2D eigenvalue weighted by atomic mass is 15.3. The van der Waals surface area contributed by atoms with Crippen LogP contribution in [-0.2, 0) is 13.0 Å². The van der Waals surface area contributed by atoms with Gasteiger partial charge in [-0.05, 0) is 45.2 Å². The molecule has 0 saturated heterocycles. The van der Waals surface area contributed by atoms with Crippen LogP contribution in [0.5, 0.6) is 0 Å². The van der Waals surface area contributed by atoms with Crippen LogP contribution in [0.1, 0.15) is 44.7 Å². The van der Waals surface area contributed by atoms with E-state index in [-0.39, 0.29) is 0 Å². The third kappa shape index (κ3) is 2.98. The molecule has 0 bridgehead atoms. The number of aryl methyl sites for hydroxylation is 1. The van der Waals surface area contributed by atoms with Crippen molar-refractivity contribution in [2.24, 2.45) is 5.92 Å². The van der Waals surface area contributed by atoms with E-state index < -0.39 is 0 Å². The molecule has 1 aliphatic rings. The second-order valence-corrected chi connectivity index (χ2v) is 6.28. The van der Waals surface area contributed by atoms with Gasteiger partial charge in [-0.3, -0.25) is 4.68 Å². The number of rotatable bonds is 4. The van der Waals surface area contributed by atoms with E-state index in [9.17, 15) is 0 Å². The quantitative estimate of drug-likeness (QED) is 0.867. The van der Waals surface area contributed by atoms with E-state index >= 15 is 0 Å². The highest BCUT2D eigenvalue weighted by Crippen LogP contribution is 2.29. The molecule has 1 N–H and O–H groups in total. The fourth-order valence-corrected chi connectivity index (χ4v) is 3.85. The lowest BCUT2D eigenvalue weighted by Gasteiger charge is -2.24. The fraction of sp³-hybridized carbons (Fsp3) is 0.611. The Morgan fingerprint density at radius 3 is 2.81 bits per heavy atom. The number of benzene rings is 1. The number of aromatic nitrogens is 2. The molecule has 0 spiro atoms. The standard InChI is InChI=1S/C18H27N3/c1-3-21-18-12-8-7-10-15(18)17(20-21)13-14-9-5-4-6-11-16(14)19-2/h7-8,10,12,14,16,19H,3-6,9,11,13H2,1-2H3. The zero-order valence-electron chi connectivity index (χ0n) is 13.3. The minimum absolute atomic E-state index is 0.651. The van der Waals surface area contributed by atoms with Gasteiger partial charge in [0.2, 0.25) is 0 Å². The van der Waals surface area contributed by atoms with E-state index in [1.807, 2.05) is 0 Å². The first kappa shape index (κ1) is 14.6. The molecule has 1 aromatic heterocycles. The highest BCUT2D eigenvalue weighted by molar-refractivity contribution is 5.81. The number of nitrogens with zero attached hydrogens (tertiary/aromatic N) is 2. The van der Waals surface area contributed by atoms with Crippen LogP contribution in [0.2, 0.25) is 0 Å². The van der Waals surface area contributed by atoms with E-state index in [2.05, 4.69) is 48.2 Å². The summed E-state index contributed by atoms with van der Waals surface area (Å²) in [5, 5.41) is 9.78. The zero-order valence-corrected chi connectivity index (χ0v) is 13.3. The summed E-state index contributed by atoms with van der Waals surface area (Å²) >= 11 is 0. The highest BCUT2D eigenvalue weighted by Gasteiger charge is 2.24. The second-order valence-electron chi connectivity index (χ2n) is 6.28. The number of fused-ring (bicyclic) bond motifs is 1. The van der Waals surface area contributed by atoms with Crippen molar-refractivity contribution < 1.29 is 0 Å². The maximum absolute atomic E-state index is 4.89. The van der Waals surface area contributed by atoms with Crippen LogP contribution < -0.4 is 5.32 Å². The van der Waals surface area contributed by atoms with Gasteiger partial charge in [-0.1, -0.05) is 37.5 Å². The summed E-state index contributed by atoms with van der Waals surface area (Å²) in [6.45, 7) is 3.12. The third-order valence-electron chi connectivity index (χ3n) is 5.02. The van der Waals surface area contributed by atoms with Gasteiger partial charge in [0, 0.05) is 18.0 Å². The number of para-hydroxylation sites is 1. The van der Waals surface area contributed by atoms with Crippen molar-refractivity contribution in [2.45, 2.75) is 58.0 Å². The van der Waals surface area contributed by atoms with E-state index in [4.69, 9.17) is 5.10 Å². The van der Waals surface area contributed by atoms with E-state index in [1.165, 1.54) is 48.7 Å². The van der Waals surface area contributed by atoms with Crippen molar-refractivity contribution in [3.63, 3.8) is 0 Å². The molecule has 3 nitrogen and oxygen atoms in total. The molecule has 1 fully saturated rings. The minimum Gasteiger partial charge on any atom is -0.317 e. The molecule has 1 saturated carbocycles. The first-order valence-corrected chi connectivity index (χ1v) is 8.45. The minimum atomic E-state index is 0.651. The van der Waals surface area contributed by atoms with E-state index in [0.717, 1.165) is 18.9 Å². The Labute approximate surface area is 127 Å². The Morgan fingerprint density at radius 1 is 1.19 bits per heavy atom. The van der Waals surface area contributed by atoms with Gasteiger partial charge in [-0.2, -0.15) is 5.10 Å². The lowest BCUT2D eigenvalue weighted by atomic mass is 9.89. The average molecular weight is 285 g/mol. The van der Waals surface area contributed by atoms with Gasteiger partial charge < -0.3 is 5.32 Å². The number of nitrogens with one attached hydrogen (secondary N) is 1. The first-order chi connectivity index (χ1) is 10.3. The molecule has 21 heavy (non-hydrogen) atoms. The normalized spacial score (nSPS) is 23.3. The molecule has 3 heteroatoms. The molecular formula is C18H27N3. The molecule has 2 unspecified atom stereocenters. The first-order valence-electron chi connectivity index (χ1n) is 8.45. The molecule has 0 radical (unpaired) electrons. The van der Waals surface area contributed by atoms with Gasteiger partial charge in [0.1, 0.15) is 0 Å². The molecule has 2 atom stereocenters. The monoisotopic (exact) mass is 285 g/mol. The molecule has 3 rings (SSSR count). The van der Waals surface area contributed by atoms with Gasteiger partial charge in [-0.25, -0.2) is 0 Å². The maximum Gasteiger partial charge on any atom is 0.0706 e. The van der Waals surface area contributed by atoms with Crippen LogP contribution in [0.25, 0.3) is 10.9 Å². The zero-order chi connectivity index (χ0) is 14.7. The lowest BCUT2D eigenvalue weighted by Crippen LogP contribution is -2.34. The Bertz CT molecular complexity index is 587. The summed E-state index contributed by atoms with van der Waals surface area (Å²) in [5.41, 5.74) is 2.57. The second kappa shape index (κ2) is 6.61. The van der Waals surface area contributed by atoms with Crippen LogP contribution in [-0.4, -0.2) is 22.9 Å². The molecule has 1 heterocycles. The van der Waals surface area contributed by atoms with Gasteiger partial charge in [0.05, 0.1) is 11.2 Å². The van der Waals surface area contributed by atoms with Gasteiger partial charge in [-0.15, -0.1) is 0 Å². The molecular weight excluding hydrogens is 258 g/mol. The number of hydrogen-bond acceptors (Lipinski definition) is 2. The van der Waals surface area contributed by atoms with Gasteiger partial charge in [0.25, 0.3) is 0 Å². The topological polar surface area (TPSA) is 29.9 Å². The summed E-state index contributed by atoms with van der Waals surface area (Å²) in [5.74, 6) is 0.723. The van der Waals surface area contributed by atoms with Crippen LogP contribution in [0.3, 0.4) is 0 Å². The molecule has 1 aromatic carbocycles. The SMILES string of the molecule is CCn1nc(CC2CCCCCC2NC)c2ccccc21. The summed E-state index contributed by atoms with van der Waals surface area (Å²) in [4.78, 5) is 0. The van der Waals surface area contributed by atoms with E-state index in [1.54, 1.807) is 0 Å². The number of hydrogen-bond donors (Lipinski definition) is 1. The van der Waals surface area contributed by atoms with Crippen molar-refractivity contribution in [3.8, 4) is 0 Å². The summed E-state index contributed by atoms with van der Waals surface area (Å²) < 4.78 is 2.15. The van der Waals surface area contributed by atoms with Crippen molar-refractivity contribution in [1.29, 1.82) is 0 Å². The predicted octanol–water partition coefficient (Wildman–Crippen LogP) is 3.77. The summed E-state index contributed by atoms with van der Waals surface area (Å²) in [6, 6.07) is 9.32. The molecule has 2 aromatic rings.